The third-order valence-corrected chi connectivity index (χ3v) is 2.18. The molecule has 0 aliphatic carbocycles. The maximum Gasteiger partial charge on any atom is 0.377 e. The smallest absolute Gasteiger partial charge is 0.377 e. The number of carboxylic acid groups (broad SMARTS) is 1. The molecule has 0 atom stereocenters. The van der Waals surface area contributed by atoms with Crippen molar-refractivity contribution >= 4 is 11.8 Å². The summed E-state index contributed by atoms with van der Waals surface area (Å²) in [7, 11) is 0. The first kappa shape index (κ1) is 10.4. The van der Waals surface area contributed by atoms with Crippen LogP contribution in [0.3, 0.4) is 0 Å². The topological polar surface area (TPSA) is 54.4 Å². The van der Waals surface area contributed by atoms with Crippen LogP contribution in [-0.4, -0.2) is 16.9 Å². The van der Waals surface area contributed by atoms with Crippen molar-refractivity contribution in [2.45, 2.75) is 20.3 Å². The monoisotopic (exact) mass is 192 g/mol. The second-order valence-electron chi connectivity index (χ2n) is 3.13. The van der Waals surface area contributed by atoms with Gasteiger partial charge in [0.1, 0.15) is 0 Å². The highest BCUT2D eigenvalue weighted by Gasteiger charge is 2.14. The van der Waals surface area contributed by atoms with E-state index in [0.717, 1.165) is 17.5 Å². The molecule has 1 rings (SSSR count). The van der Waals surface area contributed by atoms with Gasteiger partial charge in [-0.2, -0.15) is 0 Å². The maximum atomic E-state index is 11.1. The van der Waals surface area contributed by atoms with Crippen LogP contribution in [0.4, 0.5) is 0 Å². The second kappa shape index (κ2) is 4.05. The number of rotatable bonds is 3. The summed E-state index contributed by atoms with van der Waals surface area (Å²) in [5.41, 5.74) is 2.33. The van der Waals surface area contributed by atoms with Gasteiger partial charge in [-0.15, -0.1) is 0 Å². The molecule has 0 unspecified atom stereocenters. The van der Waals surface area contributed by atoms with Crippen molar-refractivity contribution in [3.05, 3.63) is 34.9 Å². The number of hydrogen-bond donors (Lipinski definition) is 1. The molecule has 0 aliphatic heterocycles. The zero-order chi connectivity index (χ0) is 10.7. The Hall–Kier alpha value is -1.64. The van der Waals surface area contributed by atoms with Gasteiger partial charge in [-0.3, -0.25) is 4.79 Å². The lowest BCUT2D eigenvalue weighted by atomic mass is 10.0. The largest absolute Gasteiger partial charge is 0.475 e. The van der Waals surface area contributed by atoms with Gasteiger partial charge in [0.2, 0.25) is 0 Å². The summed E-state index contributed by atoms with van der Waals surface area (Å²) >= 11 is 0. The Labute approximate surface area is 82.4 Å². The molecule has 1 aromatic carbocycles. The molecule has 0 amide bonds. The summed E-state index contributed by atoms with van der Waals surface area (Å²) in [6.45, 7) is 3.89. The molecular weight excluding hydrogens is 180 g/mol. The summed E-state index contributed by atoms with van der Waals surface area (Å²) in [6.07, 6.45) is 0.882. The van der Waals surface area contributed by atoms with Crippen LogP contribution in [0, 0.1) is 6.92 Å². The summed E-state index contributed by atoms with van der Waals surface area (Å²) < 4.78 is 0. The standard InChI is InChI=1S/C11H12O3/c1-3-8-4-5-9(6-7(8)2)10(12)11(13)14/h4-6H,3H2,1-2H3,(H,13,14). The molecule has 14 heavy (non-hydrogen) atoms. The molecule has 0 saturated carbocycles. The zero-order valence-electron chi connectivity index (χ0n) is 8.20. The number of carbonyl (C=O) groups is 2. The van der Waals surface area contributed by atoms with E-state index in [1.165, 1.54) is 0 Å². The van der Waals surface area contributed by atoms with E-state index in [2.05, 4.69) is 0 Å². The minimum Gasteiger partial charge on any atom is -0.475 e. The van der Waals surface area contributed by atoms with Crippen molar-refractivity contribution in [1.29, 1.82) is 0 Å². The predicted octanol–water partition coefficient (Wildman–Crippen LogP) is 1.82. The first-order valence-electron chi connectivity index (χ1n) is 4.43. The molecule has 0 aromatic heterocycles. The lowest BCUT2D eigenvalue weighted by molar-refractivity contribution is -0.131. The molecule has 0 aliphatic rings. The van der Waals surface area contributed by atoms with Gasteiger partial charge < -0.3 is 5.11 Å². The van der Waals surface area contributed by atoms with Gasteiger partial charge in [0.25, 0.3) is 5.78 Å². The number of carboxylic acids is 1. The highest BCUT2D eigenvalue weighted by Crippen LogP contribution is 2.12. The lowest BCUT2D eigenvalue weighted by Crippen LogP contribution is -2.12. The molecule has 0 fully saturated rings. The van der Waals surface area contributed by atoms with Crippen LogP contribution in [0.5, 0.6) is 0 Å². The number of carbonyl (C=O) groups excluding carboxylic acids is 1. The van der Waals surface area contributed by atoms with Crippen molar-refractivity contribution < 1.29 is 14.7 Å². The maximum absolute atomic E-state index is 11.1. The third-order valence-electron chi connectivity index (χ3n) is 2.18. The SMILES string of the molecule is CCc1ccc(C(=O)C(=O)O)cc1C. The summed E-state index contributed by atoms with van der Waals surface area (Å²) in [4.78, 5) is 21.5. The fourth-order valence-corrected chi connectivity index (χ4v) is 1.36. The van der Waals surface area contributed by atoms with Crippen molar-refractivity contribution in [3.63, 3.8) is 0 Å². The first-order valence-corrected chi connectivity index (χ1v) is 4.43. The molecular formula is C11H12O3. The van der Waals surface area contributed by atoms with Crippen molar-refractivity contribution in [2.75, 3.05) is 0 Å². The van der Waals surface area contributed by atoms with E-state index in [1.54, 1.807) is 18.2 Å². The van der Waals surface area contributed by atoms with Crippen LogP contribution in [0.15, 0.2) is 18.2 Å². The Bertz CT molecular complexity index is 380. The van der Waals surface area contributed by atoms with Crippen molar-refractivity contribution in [2.24, 2.45) is 0 Å². The van der Waals surface area contributed by atoms with E-state index in [9.17, 15) is 9.59 Å². The normalized spacial score (nSPS) is 9.86. The Morgan fingerprint density at radius 2 is 2.00 bits per heavy atom. The van der Waals surface area contributed by atoms with Crippen LogP contribution in [0.1, 0.15) is 28.4 Å². The quantitative estimate of drug-likeness (QED) is 0.587. The average Bonchev–Trinajstić information content (AvgIpc) is 2.16. The fraction of sp³-hybridized carbons (Fsp3) is 0.273. The van der Waals surface area contributed by atoms with Crippen molar-refractivity contribution in [3.8, 4) is 0 Å². The molecule has 3 nitrogen and oxygen atoms in total. The van der Waals surface area contributed by atoms with E-state index in [1.807, 2.05) is 13.8 Å². The minimum atomic E-state index is -1.41. The Morgan fingerprint density at radius 1 is 1.36 bits per heavy atom. The van der Waals surface area contributed by atoms with Gasteiger partial charge in [-0.1, -0.05) is 19.1 Å². The molecule has 0 heterocycles. The number of hydrogen-bond acceptors (Lipinski definition) is 2. The van der Waals surface area contributed by atoms with Gasteiger partial charge in [-0.05, 0) is 30.5 Å². The van der Waals surface area contributed by atoms with E-state index >= 15 is 0 Å². The average molecular weight is 192 g/mol. The van der Waals surface area contributed by atoms with Gasteiger partial charge in [0, 0.05) is 5.56 Å². The number of aliphatic carboxylic acids is 1. The molecule has 0 saturated heterocycles. The van der Waals surface area contributed by atoms with E-state index in [-0.39, 0.29) is 5.56 Å². The summed E-state index contributed by atoms with van der Waals surface area (Å²) in [6, 6.07) is 4.98. The van der Waals surface area contributed by atoms with Crippen LogP contribution < -0.4 is 0 Å². The van der Waals surface area contributed by atoms with Crippen molar-refractivity contribution in [1.82, 2.24) is 0 Å². The number of Topliss-reactive ketones (excluding diaryl/α,β-unsaturated/α-hetero) is 1. The van der Waals surface area contributed by atoms with Crippen LogP contribution >= 0.6 is 0 Å². The minimum absolute atomic E-state index is 0.243. The molecule has 0 spiro atoms. The van der Waals surface area contributed by atoms with Gasteiger partial charge in [0.05, 0.1) is 0 Å². The molecule has 1 N–H and O–H groups in total. The number of benzene rings is 1. The molecule has 0 radical (unpaired) electrons. The van der Waals surface area contributed by atoms with Gasteiger partial charge >= 0.3 is 5.97 Å². The van der Waals surface area contributed by atoms with Crippen LogP contribution in [0.2, 0.25) is 0 Å². The second-order valence-corrected chi connectivity index (χ2v) is 3.13. The third kappa shape index (κ3) is 1.99. The predicted molar refractivity (Wildman–Crippen MR) is 52.5 cm³/mol. The number of ketones is 1. The molecule has 0 bridgehead atoms. The van der Waals surface area contributed by atoms with Crippen LogP contribution in [-0.2, 0) is 11.2 Å². The summed E-state index contributed by atoms with van der Waals surface area (Å²) in [5.74, 6) is -2.26. The first-order chi connectivity index (χ1) is 6.56. The lowest BCUT2D eigenvalue weighted by Gasteiger charge is -2.03. The van der Waals surface area contributed by atoms with Gasteiger partial charge in [0.15, 0.2) is 0 Å². The highest BCUT2D eigenvalue weighted by atomic mass is 16.4. The van der Waals surface area contributed by atoms with Crippen LogP contribution in [0.25, 0.3) is 0 Å². The van der Waals surface area contributed by atoms with Gasteiger partial charge in [-0.25, -0.2) is 4.79 Å². The summed E-state index contributed by atoms with van der Waals surface area (Å²) in [5, 5.41) is 8.50. The Balaban J connectivity index is 3.09. The van der Waals surface area contributed by atoms with E-state index in [0.29, 0.717) is 0 Å². The highest BCUT2D eigenvalue weighted by molar-refractivity contribution is 6.39. The Kier molecular flexibility index (Phi) is 3.02. The Morgan fingerprint density at radius 3 is 2.43 bits per heavy atom. The zero-order valence-corrected chi connectivity index (χ0v) is 8.20. The van der Waals surface area contributed by atoms with E-state index in [4.69, 9.17) is 5.11 Å². The molecule has 3 heteroatoms. The van der Waals surface area contributed by atoms with E-state index < -0.39 is 11.8 Å². The fourth-order valence-electron chi connectivity index (χ4n) is 1.36. The molecule has 1 aromatic rings. The molecule has 74 valence electrons. The number of aryl methyl sites for hydroxylation is 2.